The van der Waals surface area contributed by atoms with E-state index >= 15 is 0 Å². The number of carbonyl (C=O) groups excluding carboxylic acids is 1. The third-order valence-electron chi connectivity index (χ3n) is 2.59. The van der Waals surface area contributed by atoms with E-state index in [1.54, 1.807) is 36.4 Å². The van der Waals surface area contributed by atoms with Gasteiger partial charge >= 0.3 is 0 Å². The quantitative estimate of drug-likeness (QED) is 0.874. The van der Waals surface area contributed by atoms with Gasteiger partial charge in [0.1, 0.15) is 11.1 Å². The lowest BCUT2D eigenvalue weighted by atomic mass is 10.3. The van der Waals surface area contributed by atoms with Crippen molar-refractivity contribution in [1.82, 2.24) is 4.98 Å². The maximum Gasteiger partial charge on any atom is 0.234 e. The zero-order valence-electron chi connectivity index (χ0n) is 11.3. The number of rotatable bonds is 4. The lowest BCUT2D eigenvalue weighted by molar-refractivity contribution is -0.113. The van der Waals surface area contributed by atoms with Gasteiger partial charge in [-0.3, -0.25) is 4.79 Å². The Balaban J connectivity index is 1.97. The van der Waals surface area contributed by atoms with Crippen LogP contribution < -0.4 is 5.32 Å². The van der Waals surface area contributed by atoms with Crippen LogP contribution in [-0.4, -0.2) is 16.6 Å². The van der Waals surface area contributed by atoms with Crippen LogP contribution in [0.5, 0.6) is 0 Å². The molecule has 1 heterocycles. The van der Waals surface area contributed by atoms with E-state index in [0.29, 0.717) is 21.3 Å². The normalized spacial score (nSPS) is 9.95. The highest BCUT2D eigenvalue weighted by Gasteiger charge is 2.09. The van der Waals surface area contributed by atoms with Crippen LogP contribution in [0.15, 0.2) is 41.4 Å². The molecule has 1 aromatic heterocycles. The summed E-state index contributed by atoms with van der Waals surface area (Å²) in [5.74, 6) is 0.0304. The summed E-state index contributed by atoms with van der Waals surface area (Å²) in [5, 5.41) is 13.0. The van der Waals surface area contributed by atoms with Crippen LogP contribution in [0.1, 0.15) is 11.3 Å². The van der Waals surface area contributed by atoms with Crippen LogP contribution in [0.4, 0.5) is 5.69 Å². The van der Waals surface area contributed by atoms with Crippen LogP contribution in [0.3, 0.4) is 0 Å². The molecule has 0 unspecified atom stereocenters. The number of nitrogens with zero attached hydrogens (tertiary/aromatic N) is 2. The number of aryl methyl sites for hydroxylation is 1. The van der Waals surface area contributed by atoms with Gasteiger partial charge in [-0.25, -0.2) is 4.98 Å². The van der Waals surface area contributed by atoms with Crippen LogP contribution in [0, 0.1) is 18.3 Å². The van der Waals surface area contributed by atoms with Crippen LogP contribution in [0.25, 0.3) is 0 Å². The molecule has 0 saturated carbocycles. The molecule has 0 radical (unpaired) electrons. The number of benzene rings is 1. The van der Waals surface area contributed by atoms with Gasteiger partial charge in [0.2, 0.25) is 5.91 Å². The Morgan fingerprint density at radius 1 is 1.33 bits per heavy atom. The van der Waals surface area contributed by atoms with E-state index in [1.165, 1.54) is 11.8 Å². The number of thioether (sulfide) groups is 1. The maximum atomic E-state index is 11.9. The van der Waals surface area contributed by atoms with Crippen LogP contribution >= 0.6 is 23.4 Å². The molecule has 0 spiro atoms. The zero-order chi connectivity index (χ0) is 15.2. The lowest BCUT2D eigenvalue weighted by Gasteiger charge is -2.06. The zero-order valence-corrected chi connectivity index (χ0v) is 12.8. The first kappa shape index (κ1) is 15.4. The largest absolute Gasteiger partial charge is 0.325 e. The van der Waals surface area contributed by atoms with E-state index in [-0.39, 0.29) is 11.7 Å². The van der Waals surface area contributed by atoms with Crippen molar-refractivity contribution in [2.24, 2.45) is 0 Å². The summed E-state index contributed by atoms with van der Waals surface area (Å²) in [5.41, 5.74) is 1.97. The fourth-order valence-electron chi connectivity index (χ4n) is 1.59. The van der Waals surface area contributed by atoms with Gasteiger partial charge in [-0.15, -0.1) is 0 Å². The first-order valence-corrected chi connectivity index (χ1v) is 7.51. The monoisotopic (exact) mass is 317 g/mol. The van der Waals surface area contributed by atoms with E-state index in [1.807, 2.05) is 6.92 Å². The third-order valence-corrected chi connectivity index (χ3v) is 3.83. The lowest BCUT2D eigenvalue weighted by Crippen LogP contribution is -2.14. The Kier molecular flexibility index (Phi) is 5.20. The summed E-state index contributed by atoms with van der Waals surface area (Å²) >= 11 is 7.03. The molecule has 0 fully saturated rings. The molecular weight excluding hydrogens is 306 g/mol. The fraction of sp³-hybridized carbons (Fsp3) is 0.133. The van der Waals surface area contributed by atoms with Gasteiger partial charge in [0, 0.05) is 16.4 Å². The van der Waals surface area contributed by atoms with Crippen LogP contribution in [-0.2, 0) is 4.79 Å². The van der Waals surface area contributed by atoms with Gasteiger partial charge in [0.15, 0.2) is 0 Å². The van der Waals surface area contributed by atoms with Crippen molar-refractivity contribution in [3.63, 3.8) is 0 Å². The summed E-state index contributed by atoms with van der Waals surface area (Å²) in [7, 11) is 0. The summed E-state index contributed by atoms with van der Waals surface area (Å²) in [6.45, 7) is 1.85. The van der Waals surface area contributed by atoms with Gasteiger partial charge in [0.05, 0.1) is 11.3 Å². The van der Waals surface area contributed by atoms with Gasteiger partial charge in [-0.05, 0) is 43.3 Å². The number of amides is 1. The molecule has 0 saturated heterocycles. The molecule has 2 aromatic rings. The van der Waals surface area contributed by atoms with Crippen LogP contribution in [0.2, 0.25) is 5.02 Å². The maximum absolute atomic E-state index is 11.9. The molecule has 21 heavy (non-hydrogen) atoms. The number of pyridine rings is 1. The first-order valence-electron chi connectivity index (χ1n) is 6.14. The SMILES string of the molecule is Cc1ccc(C#N)c(SCC(=O)Nc2ccc(Cl)cc2)n1. The molecule has 1 amide bonds. The molecule has 6 heteroatoms. The summed E-state index contributed by atoms with van der Waals surface area (Å²) in [6, 6.07) is 12.4. The predicted octanol–water partition coefficient (Wildman–Crippen LogP) is 3.65. The highest BCUT2D eigenvalue weighted by atomic mass is 35.5. The minimum atomic E-state index is -0.158. The highest BCUT2D eigenvalue weighted by molar-refractivity contribution is 8.00. The molecule has 0 aliphatic heterocycles. The Labute approximate surface area is 132 Å². The Bertz CT molecular complexity index is 695. The van der Waals surface area contributed by atoms with Crippen molar-refractivity contribution in [2.45, 2.75) is 11.9 Å². The Hall–Kier alpha value is -2.03. The number of anilines is 1. The Morgan fingerprint density at radius 2 is 2.05 bits per heavy atom. The number of nitriles is 1. The summed E-state index contributed by atoms with van der Waals surface area (Å²) < 4.78 is 0. The average molecular weight is 318 g/mol. The van der Waals surface area contributed by atoms with Crippen molar-refractivity contribution >= 4 is 35.0 Å². The molecule has 2 rings (SSSR count). The number of hydrogen-bond donors (Lipinski definition) is 1. The van der Waals surface area contributed by atoms with Crippen molar-refractivity contribution in [2.75, 3.05) is 11.1 Å². The predicted molar refractivity (Wildman–Crippen MR) is 84.5 cm³/mol. The molecule has 0 aliphatic carbocycles. The number of aromatic nitrogens is 1. The van der Waals surface area contributed by atoms with E-state index in [0.717, 1.165) is 5.69 Å². The smallest absolute Gasteiger partial charge is 0.234 e. The van der Waals surface area contributed by atoms with E-state index in [9.17, 15) is 4.79 Å². The molecule has 4 nitrogen and oxygen atoms in total. The van der Waals surface area contributed by atoms with E-state index < -0.39 is 0 Å². The molecule has 0 bridgehead atoms. The number of halogens is 1. The van der Waals surface area contributed by atoms with Gasteiger partial charge in [-0.1, -0.05) is 23.4 Å². The van der Waals surface area contributed by atoms with Crippen molar-refractivity contribution in [3.05, 3.63) is 52.7 Å². The molecular formula is C15H12ClN3OS. The fourth-order valence-corrected chi connectivity index (χ4v) is 2.54. The van der Waals surface area contributed by atoms with Crippen molar-refractivity contribution in [3.8, 4) is 6.07 Å². The van der Waals surface area contributed by atoms with E-state index in [2.05, 4.69) is 16.4 Å². The summed E-state index contributed by atoms with van der Waals surface area (Å²) in [4.78, 5) is 16.2. The summed E-state index contributed by atoms with van der Waals surface area (Å²) in [6.07, 6.45) is 0. The second-order valence-electron chi connectivity index (χ2n) is 4.26. The minimum Gasteiger partial charge on any atom is -0.325 e. The highest BCUT2D eigenvalue weighted by Crippen LogP contribution is 2.21. The number of carbonyl (C=O) groups is 1. The molecule has 0 atom stereocenters. The van der Waals surface area contributed by atoms with Gasteiger partial charge < -0.3 is 5.32 Å². The number of nitrogens with one attached hydrogen (secondary N) is 1. The molecule has 0 aliphatic rings. The minimum absolute atomic E-state index is 0.158. The molecule has 1 N–H and O–H groups in total. The first-order chi connectivity index (χ1) is 10.1. The second kappa shape index (κ2) is 7.11. The second-order valence-corrected chi connectivity index (χ2v) is 5.66. The third kappa shape index (κ3) is 4.48. The van der Waals surface area contributed by atoms with Gasteiger partial charge in [0.25, 0.3) is 0 Å². The molecule has 106 valence electrons. The average Bonchev–Trinajstić information content (AvgIpc) is 2.48. The number of hydrogen-bond acceptors (Lipinski definition) is 4. The molecule has 1 aromatic carbocycles. The van der Waals surface area contributed by atoms with E-state index in [4.69, 9.17) is 16.9 Å². The van der Waals surface area contributed by atoms with Gasteiger partial charge in [-0.2, -0.15) is 5.26 Å². The topological polar surface area (TPSA) is 65.8 Å². The Morgan fingerprint density at radius 3 is 2.71 bits per heavy atom. The van der Waals surface area contributed by atoms with Crippen molar-refractivity contribution < 1.29 is 4.79 Å². The standard InChI is InChI=1S/C15H12ClN3OS/c1-10-2-3-11(8-17)15(18-10)21-9-14(20)19-13-6-4-12(16)5-7-13/h2-7H,9H2,1H3,(H,19,20). The van der Waals surface area contributed by atoms with Crippen molar-refractivity contribution in [1.29, 1.82) is 5.26 Å².